The number of hydrogen-bond acceptors (Lipinski definition) is 9. The number of hydrogen-bond donors (Lipinski definition) is 3. The zero-order chi connectivity index (χ0) is 39.1. The molecule has 0 heterocycles. The number of esters is 2. The van der Waals surface area contributed by atoms with Crippen molar-refractivity contribution in [2.45, 2.75) is 103 Å². The Morgan fingerprint density at radius 1 is 0.472 bits per heavy atom. The number of rotatable bonds is 32. The summed E-state index contributed by atoms with van der Waals surface area (Å²) in [5.41, 5.74) is 0. The topological polar surface area (TPSA) is 149 Å². The van der Waals surface area contributed by atoms with E-state index in [-0.39, 0.29) is 12.8 Å². The lowest BCUT2D eigenvalue weighted by Gasteiger charge is -2.20. The molecule has 0 spiro atoms. The van der Waals surface area contributed by atoms with Crippen LogP contribution in [0.2, 0.25) is 0 Å². The Labute approximate surface area is 318 Å². The summed E-state index contributed by atoms with van der Waals surface area (Å²) in [7, 11) is -4.69. The van der Waals surface area contributed by atoms with Crippen molar-refractivity contribution in [3.8, 4) is 0 Å². The van der Waals surface area contributed by atoms with Gasteiger partial charge in [0, 0.05) is 0 Å². The molecular formula is C42H63O10P. The number of carbonyl (C=O) groups excluding carboxylic acids is 2. The molecule has 296 valence electrons. The van der Waals surface area contributed by atoms with E-state index in [9.17, 15) is 29.3 Å². The standard InChI is InChI=1S/C42H63O10P/c1-3-5-7-9-11-13-15-17-19-21-23-25-27-29-31-33-41(45)51-39(35-43)37-49-53(47,48)50-38-40(36-44)52-42(46)34-32-30-28-26-24-22-20-18-16-14-12-10-8-6-4-2/h5-8,11-14,17-20,23-26,29-32,39-40,43-44H,3-4,9-10,15-16,21-22,27-28,33-38H2,1-2H3,(H,47,48)/b7-5-,8-6-,13-11-,14-12-,19-17-,20-18-,25-23-,26-24-,31-29-,32-30-. The molecule has 0 aliphatic heterocycles. The van der Waals surface area contributed by atoms with E-state index in [1.807, 2.05) is 36.5 Å². The molecule has 0 aliphatic carbocycles. The van der Waals surface area contributed by atoms with Gasteiger partial charge in [-0.3, -0.25) is 18.6 Å². The fraction of sp³-hybridized carbons (Fsp3) is 0.476. The first kappa shape index (κ1) is 49.4. The van der Waals surface area contributed by atoms with Gasteiger partial charge < -0.3 is 24.6 Å². The largest absolute Gasteiger partial charge is 0.472 e. The van der Waals surface area contributed by atoms with Gasteiger partial charge in [-0.15, -0.1) is 0 Å². The molecular weight excluding hydrogens is 695 g/mol. The van der Waals surface area contributed by atoms with Crippen LogP contribution in [0, 0.1) is 0 Å². The van der Waals surface area contributed by atoms with E-state index in [4.69, 9.17) is 18.5 Å². The van der Waals surface area contributed by atoms with Crippen molar-refractivity contribution < 1.29 is 47.8 Å². The van der Waals surface area contributed by atoms with Crippen molar-refractivity contribution in [2.24, 2.45) is 0 Å². The molecule has 0 radical (unpaired) electrons. The highest BCUT2D eigenvalue weighted by atomic mass is 31.2. The van der Waals surface area contributed by atoms with Crippen LogP contribution in [-0.2, 0) is 32.7 Å². The summed E-state index contributed by atoms with van der Waals surface area (Å²) in [5, 5.41) is 19.0. The Morgan fingerprint density at radius 2 is 0.717 bits per heavy atom. The van der Waals surface area contributed by atoms with Gasteiger partial charge in [0.05, 0.1) is 39.3 Å². The van der Waals surface area contributed by atoms with Gasteiger partial charge in [0.15, 0.2) is 0 Å². The molecule has 10 nitrogen and oxygen atoms in total. The summed E-state index contributed by atoms with van der Waals surface area (Å²) in [5.74, 6) is -1.30. The Hall–Kier alpha value is -3.63. The van der Waals surface area contributed by atoms with Crippen LogP contribution in [0.4, 0.5) is 0 Å². The summed E-state index contributed by atoms with van der Waals surface area (Å²) < 4.78 is 32.2. The molecule has 0 fully saturated rings. The van der Waals surface area contributed by atoms with Gasteiger partial charge in [-0.2, -0.15) is 0 Å². The van der Waals surface area contributed by atoms with Gasteiger partial charge in [-0.05, 0) is 64.2 Å². The van der Waals surface area contributed by atoms with Gasteiger partial charge in [-0.1, -0.05) is 135 Å². The fourth-order valence-electron chi connectivity index (χ4n) is 3.97. The second-order valence-corrected chi connectivity index (χ2v) is 12.9. The number of ether oxygens (including phenoxy) is 2. The first-order valence-electron chi connectivity index (χ1n) is 18.5. The molecule has 0 saturated heterocycles. The molecule has 11 heteroatoms. The maximum atomic E-state index is 12.3. The highest BCUT2D eigenvalue weighted by Gasteiger charge is 2.27. The number of allylic oxidation sites excluding steroid dienone is 18. The highest BCUT2D eigenvalue weighted by Crippen LogP contribution is 2.43. The first-order valence-corrected chi connectivity index (χ1v) is 20.0. The molecule has 0 aromatic carbocycles. The first-order chi connectivity index (χ1) is 25.8. The Balaban J connectivity index is 4.26. The number of phosphoric acid groups is 1. The van der Waals surface area contributed by atoms with E-state index in [0.29, 0.717) is 12.8 Å². The maximum absolute atomic E-state index is 12.3. The third-order valence-corrected chi connectivity index (χ3v) is 7.69. The van der Waals surface area contributed by atoms with Crippen LogP contribution < -0.4 is 0 Å². The number of aliphatic hydroxyl groups excluding tert-OH is 2. The number of carbonyl (C=O) groups is 2. The molecule has 0 saturated carbocycles. The summed E-state index contributed by atoms with van der Waals surface area (Å²) in [4.78, 5) is 34.2. The van der Waals surface area contributed by atoms with Crippen molar-refractivity contribution >= 4 is 19.8 Å². The smallest absolute Gasteiger partial charge is 0.457 e. The average Bonchev–Trinajstić information content (AvgIpc) is 3.14. The van der Waals surface area contributed by atoms with Crippen LogP contribution >= 0.6 is 7.82 Å². The fourth-order valence-corrected chi connectivity index (χ4v) is 4.75. The summed E-state index contributed by atoms with van der Waals surface area (Å²) in [6, 6.07) is 0. The van der Waals surface area contributed by atoms with Crippen molar-refractivity contribution in [1.82, 2.24) is 0 Å². The van der Waals surface area contributed by atoms with Crippen LogP contribution in [0.1, 0.15) is 90.9 Å². The van der Waals surface area contributed by atoms with Crippen LogP contribution in [-0.4, -0.2) is 65.7 Å². The molecule has 0 amide bonds. The predicted molar refractivity (Wildman–Crippen MR) is 214 cm³/mol. The Morgan fingerprint density at radius 3 is 0.962 bits per heavy atom. The molecule has 0 bridgehead atoms. The molecule has 3 N–H and O–H groups in total. The lowest BCUT2D eigenvalue weighted by Crippen LogP contribution is -2.28. The minimum absolute atomic E-state index is 0.0551. The lowest BCUT2D eigenvalue weighted by atomic mass is 10.2. The normalized spacial score (nSPS) is 15.3. The lowest BCUT2D eigenvalue weighted by molar-refractivity contribution is -0.152. The van der Waals surface area contributed by atoms with Crippen LogP contribution in [0.3, 0.4) is 0 Å². The van der Waals surface area contributed by atoms with Crippen LogP contribution in [0.5, 0.6) is 0 Å². The van der Waals surface area contributed by atoms with Gasteiger partial charge in [0.25, 0.3) is 0 Å². The molecule has 0 aromatic heterocycles. The SMILES string of the molecule is CC/C=C\C/C=C\C/C=C\C/C=C\C/C=C\CC(=O)OC(CO)COP(=O)(O)OCC(CO)OC(=O)C/C=C\C/C=C\C/C=C\C/C=C\C/C=C\CC. The van der Waals surface area contributed by atoms with Crippen molar-refractivity contribution in [1.29, 1.82) is 0 Å². The maximum Gasteiger partial charge on any atom is 0.472 e. The average molecular weight is 759 g/mol. The van der Waals surface area contributed by atoms with Crippen molar-refractivity contribution in [2.75, 3.05) is 26.4 Å². The monoisotopic (exact) mass is 758 g/mol. The molecule has 53 heavy (non-hydrogen) atoms. The third-order valence-electron chi connectivity index (χ3n) is 6.74. The van der Waals surface area contributed by atoms with Crippen molar-refractivity contribution in [3.05, 3.63) is 122 Å². The van der Waals surface area contributed by atoms with Gasteiger partial charge in [0.2, 0.25) is 0 Å². The van der Waals surface area contributed by atoms with Gasteiger partial charge >= 0.3 is 19.8 Å². The molecule has 2 unspecified atom stereocenters. The Kier molecular flexibility index (Phi) is 34.2. The van der Waals surface area contributed by atoms with E-state index in [1.165, 1.54) is 0 Å². The zero-order valence-electron chi connectivity index (χ0n) is 31.7. The molecule has 2 atom stereocenters. The van der Waals surface area contributed by atoms with E-state index < -0.39 is 58.4 Å². The number of aliphatic hydroxyl groups is 2. The number of phosphoric ester groups is 1. The molecule has 0 rings (SSSR count). The predicted octanol–water partition coefficient (Wildman–Crippen LogP) is 9.21. The Bertz CT molecular complexity index is 1190. The molecule has 0 aromatic rings. The quantitative estimate of drug-likeness (QED) is 0.0344. The second kappa shape index (κ2) is 36.7. The van der Waals surface area contributed by atoms with E-state index in [1.54, 1.807) is 12.2 Å². The van der Waals surface area contributed by atoms with Gasteiger partial charge in [-0.25, -0.2) is 4.57 Å². The summed E-state index contributed by atoms with van der Waals surface area (Å²) >= 11 is 0. The minimum Gasteiger partial charge on any atom is -0.457 e. The van der Waals surface area contributed by atoms with Crippen LogP contribution in [0.25, 0.3) is 0 Å². The third kappa shape index (κ3) is 35.2. The molecule has 0 aliphatic rings. The highest BCUT2D eigenvalue weighted by molar-refractivity contribution is 7.47. The minimum atomic E-state index is -4.69. The summed E-state index contributed by atoms with van der Waals surface area (Å²) in [6.07, 6.45) is 46.6. The van der Waals surface area contributed by atoms with Crippen molar-refractivity contribution in [3.63, 3.8) is 0 Å². The van der Waals surface area contributed by atoms with Gasteiger partial charge in [0.1, 0.15) is 12.2 Å². The second-order valence-electron chi connectivity index (χ2n) is 11.5. The summed E-state index contributed by atoms with van der Waals surface area (Å²) in [6.45, 7) is 1.70. The van der Waals surface area contributed by atoms with Crippen LogP contribution in [0.15, 0.2) is 122 Å². The van der Waals surface area contributed by atoms with E-state index >= 15 is 0 Å². The van der Waals surface area contributed by atoms with E-state index in [2.05, 4.69) is 86.8 Å². The van der Waals surface area contributed by atoms with E-state index in [0.717, 1.165) is 51.4 Å². The zero-order valence-corrected chi connectivity index (χ0v) is 32.6.